The molecule has 1 heterocycles. The Hall–Kier alpha value is -1.14. The van der Waals surface area contributed by atoms with Crippen LogP contribution in [0.2, 0.25) is 0 Å². The van der Waals surface area contributed by atoms with Crippen molar-refractivity contribution < 1.29 is 9.90 Å². The van der Waals surface area contributed by atoms with Crippen molar-refractivity contribution in [3.05, 3.63) is 22.3 Å². The molecule has 0 saturated heterocycles. The Labute approximate surface area is 115 Å². The van der Waals surface area contributed by atoms with E-state index in [0.717, 1.165) is 12.8 Å². The van der Waals surface area contributed by atoms with Crippen LogP contribution in [0.1, 0.15) is 30.1 Å². The Morgan fingerprint density at radius 3 is 2.89 bits per heavy atom. The molecule has 0 bridgehead atoms. The van der Waals surface area contributed by atoms with Gasteiger partial charge in [0.25, 0.3) is 5.91 Å². The molecule has 0 aliphatic heterocycles. The maximum absolute atomic E-state index is 12.3. The highest BCUT2D eigenvalue weighted by Gasteiger charge is 2.18. The van der Waals surface area contributed by atoms with Crippen LogP contribution in [0, 0.1) is 0 Å². The molecule has 6 heteroatoms. The maximum Gasteiger partial charge on any atom is 0.257 e. The molecule has 100 valence electrons. The summed E-state index contributed by atoms with van der Waals surface area (Å²) in [4.78, 5) is 17.8. The van der Waals surface area contributed by atoms with Gasteiger partial charge >= 0.3 is 0 Å². The second-order valence-electron chi connectivity index (χ2n) is 3.96. The Morgan fingerprint density at radius 2 is 2.28 bits per heavy atom. The van der Waals surface area contributed by atoms with Crippen LogP contribution in [0.4, 0.5) is 5.82 Å². The lowest BCUT2D eigenvalue weighted by Gasteiger charge is -2.22. The molecule has 0 aliphatic rings. The Kier molecular flexibility index (Phi) is 6.07. The molecule has 0 aromatic carbocycles. The van der Waals surface area contributed by atoms with Crippen molar-refractivity contribution >= 4 is 27.7 Å². The van der Waals surface area contributed by atoms with Crippen molar-refractivity contribution in [3.8, 4) is 0 Å². The molecule has 0 unspecified atom stereocenters. The van der Waals surface area contributed by atoms with Gasteiger partial charge in [0, 0.05) is 23.8 Å². The van der Waals surface area contributed by atoms with Crippen molar-refractivity contribution in [1.29, 1.82) is 0 Å². The lowest BCUT2D eigenvalue weighted by molar-refractivity contribution is 0.0720. The number of nitrogens with zero attached hydrogens (tertiary/aromatic N) is 2. The van der Waals surface area contributed by atoms with Crippen molar-refractivity contribution in [1.82, 2.24) is 9.88 Å². The minimum Gasteiger partial charge on any atom is -0.395 e. The number of hydrogen-bond donors (Lipinski definition) is 2. The molecule has 0 spiro atoms. The normalized spacial score (nSPS) is 10.4. The van der Waals surface area contributed by atoms with Gasteiger partial charge in [-0.25, -0.2) is 4.98 Å². The Bertz CT molecular complexity index is 412. The predicted molar refractivity (Wildman–Crippen MR) is 74.2 cm³/mol. The van der Waals surface area contributed by atoms with Crippen molar-refractivity contribution in [2.24, 2.45) is 0 Å². The molecule has 0 aliphatic carbocycles. The first-order chi connectivity index (χ1) is 8.60. The highest BCUT2D eigenvalue weighted by molar-refractivity contribution is 9.10. The highest BCUT2D eigenvalue weighted by atomic mass is 79.9. The third kappa shape index (κ3) is 3.96. The van der Waals surface area contributed by atoms with Gasteiger partial charge in [-0.1, -0.05) is 13.3 Å². The van der Waals surface area contributed by atoms with Crippen molar-refractivity contribution in [2.45, 2.75) is 19.8 Å². The number of aliphatic hydroxyl groups excluding tert-OH is 1. The third-order valence-electron chi connectivity index (χ3n) is 2.55. The van der Waals surface area contributed by atoms with E-state index in [1.807, 2.05) is 0 Å². The van der Waals surface area contributed by atoms with E-state index in [1.165, 1.54) is 0 Å². The summed E-state index contributed by atoms with van der Waals surface area (Å²) >= 11 is 3.27. The summed E-state index contributed by atoms with van der Waals surface area (Å²) in [5.41, 5.74) is 6.08. The lowest BCUT2D eigenvalue weighted by Crippen LogP contribution is -2.35. The third-order valence-corrected chi connectivity index (χ3v) is 2.99. The molecule has 0 radical (unpaired) electrons. The summed E-state index contributed by atoms with van der Waals surface area (Å²) in [5.74, 6) is 0.0199. The van der Waals surface area contributed by atoms with Gasteiger partial charge in [0.2, 0.25) is 0 Å². The van der Waals surface area contributed by atoms with Crippen LogP contribution in [-0.4, -0.2) is 40.6 Å². The van der Waals surface area contributed by atoms with Gasteiger partial charge in [0.1, 0.15) is 5.82 Å². The van der Waals surface area contributed by atoms with Gasteiger partial charge in [-0.05, 0) is 28.4 Å². The summed E-state index contributed by atoms with van der Waals surface area (Å²) in [5, 5.41) is 9.01. The van der Waals surface area contributed by atoms with Crippen LogP contribution in [0.5, 0.6) is 0 Å². The van der Waals surface area contributed by atoms with Crippen LogP contribution in [0.25, 0.3) is 0 Å². The molecular formula is C12H18BrN3O2. The topological polar surface area (TPSA) is 79.5 Å². The van der Waals surface area contributed by atoms with Gasteiger partial charge in [-0.2, -0.15) is 0 Å². The molecule has 0 atom stereocenters. The SMILES string of the molecule is CCCCN(CCO)C(=O)c1cc(Br)cnc1N. The number of halogens is 1. The number of aliphatic hydroxyl groups is 1. The van der Waals surface area contributed by atoms with E-state index in [2.05, 4.69) is 27.8 Å². The average molecular weight is 316 g/mol. The highest BCUT2D eigenvalue weighted by Crippen LogP contribution is 2.17. The molecule has 0 saturated carbocycles. The van der Waals surface area contributed by atoms with Crippen LogP contribution < -0.4 is 5.73 Å². The zero-order valence-corrected chi connectivity index (χ0v) is 12.0. The zero-order valence-electron chi connectivity index (χ0n) is 10.4. The van der Waals surface area contributed by atoms with Crippen molar-refractivity contribution in [2.75, 3.05) is 25.4 Å². The number of pyridine rings is 1. The van der Waals surface area contributed by atoms with Gasteiger partial charge < -0.3 is 15.7 Å². The number of anilines is 1. The molecule has 18 heavy (non-hydrogen) atoms. The Morgan fingerprint density at radius 1 is 1.56 bits per heavy atom. The van der Waals surface area contributed by atoms with E-state index in [9.17, 15) is 4.79 Å². The van der Waals surface area contributed by atoms with E-state index in [4.69, 9.17) is 10.8 Å². The summed E-state index contributed by atoms with van der Waals surface area (Å²) in [6, 6.07) is 1.65. The second kappa shape index (κ2) is 7.33. The van der Waals surface area contributed by atoms with Crippen molar-refractivity contribution in [3.63, 3.8) is 0 Å². The molecule has 1 amide bonds. The van der Waals surface area contributed by atoms with Crippen LogP contribution in [0.15, 0.2) is 16.7 Å². The monoisotopic (exact) mass is 315 g/mol. The number of carbonyl (C=O) groups is 1. The summed E-state index contributed by atoms with van der Waals surface area (Å²) in [7, 11) is 0. The van der Waals surface area contributed by atoms with Gasteiger partial charge in [0.15, 0.2) is 0 Å². The van der Waals surface area contributed by atoms with E-state index >= 15 is 0 Å². The molecular weight excluding hydrogens is 298 g/mol. The summed E-state index contributed by atoms with van der Waals surface area (Å²) < 4.78 is 0.708. The molecule has 1 aromatic heterocycles. The van der Waals surface area contributed by atoms with Gasteiger partial charge in [0.05, 0.1) is 12.2 Å². The quantitative estimate of drug-likeness (QED) is 0.836. The Balaban J connectivity index is 2.90. The summed E-state index contributed by atoms with van der Waals surface area (Å²) in [6.45, 7) is 2.92. The van der Waals surface area contributed by atoms with Gasteiger partial charge in [-0.3, -0.25) is 4.79 Å². The predicted octanol–water partition coefficient (Wildman–Crippen LogP) is 1.66. The minimum atomic E-state index is -0.191. The number of amides is 1. The smallest absolute Gasteiger partial charge is 0.257 e. The van der Waals surface area contributed by atoms with Gasteiger partial charge in [-0.15, -0.1) is 0 Å². The van der Waals surface area contributed by atoms with Crippen LogP contribution in [-0.2, 0) is 0 Å². The largest absolute Gasteiger partial charge is 0.395 e. The lowest BCUT2D eigenvalue weighted by atomic mass is 10.2. The fraction of sp³-hybridized carbons (Fsp3) is 0.500. The zero-order chi connectivity index (χ0) is 13.5. The van der Waals surface area contributed by atoms with E-state index < -0.39 is 0 Å². The number of aromatic nitrogens is 1. The number of unbranched alkanes of at least 4 members (excludes halogenated alkanes) is 1. The fourth-order valence-electron chi connectivity index (χ4n) is 1.58. The number of nitrogens with two attached hydrogens (primary N) is 1. The average Bonchev–Trinajstić information content (AvgIpc) is 2.36. The first kappa shape index (κ1) is 14.9. The van der Waals surface area contributed by atoms with Crippen LogP contribution >= 0.6 is 15.9 Å². The first-order valence-electron chi connectivity index (χ1n) is 5.91. The fourth-order valence-corrected chi connectivity index (χ4v) is 1.91. The minimum absolute atomic E-state index is 0.0587. The van der Waals surface area contributed by atoms with E-state index in [-0.39, 0.29) is 18.3 Å². The molecule has 1 rings (SSSR count). The molecule has 0 fully saturated rings. The number of carbonyl (C=O) groups excluding carboxylic acids is 1. The standard InChI is InChI=1S/C12H18BrN3O2/c1-2-3-4-16(5-6-17)12(18)10-7-9(13)8-15-11(10)14/h7-8,17H,2-6H2,1H3,(H2,14,15). The summed E-state index contributed by atoms with van der Waals surface area (Å²) in [6.07, 6.45) is 3.43. The second-order valence-corrected chi connectivity index (χ2v) is 4.87. The number of hydrogen-bond acceptors (Lipinski definition) is 4. The molecule has 3 N–H and O–H groups in total. The molecule has 1 aromatic rings. The number of rotatable bonds is 6. The maximum atomic E-state index is 12.3. The van der Waals surface area contributed by atoms with E-state index in [0.29, 0.717) is 23.1 Å². The molecule has 5 nitrogen and oxygen atoms in total. The van der Waals surface area contributed by atoms with Crippen LogP contribution in [0.3, 0.4) is 0 Å². The number of nitrogen functional groups attached to an aromatic ring is 1. The van der Waals surface area contributed by atoms with E-state index in [1.54, 1.807) is 17.2 Å². The first-order valence-corrected chi connectivity index (χ1v) is 6.70.